The summed E-state index contributed by atoms with van der Waals surface area (Å²) < 4.78 is 20.4. The molecule has 2 rings (SSSR count). The molecule has 0 fully saturated rings. The highest BCUT2D eigenvalue weighted by atomic mass is 32.2. The van der Waals surface area contributed by atoms with E-state index >= 15 is 0 Å². The number of rotatable bonds is 7. The van der Waals surface area contributed by atoms with Crippen LogP contribution in [0.4, 0.5) is 0 Å². The van der Waals surface area contributed by atoms with Crippen LogP contribution in [0.2, 0.25) is 0 Å². The zero-order chi connectivity index (χ0) is 15.1. The van der Waals surface area contributed by atoms with Crippen LogP contribution in [0.15, 0.2) is 33.9 Å². The molecule has 1 aromatic heterocycles. The minimum Gasteiger partial charge on any atom is -0.497 e. The van der Waals surface area contributed by atoms with Gasteiger partial charge >= 0.3 is 5.97 Å². The standard InChI is InChI=1S/C13H14N2O5S/c1-17-9-3-5-10(6-4-9)19-7-11-14-15-13(20-11)21-8-12(16)18-2/h3-6H,7-8H2,1-2H3. The summed E-state index contributed by atoms with van der Waals surface area (Å²) in [5, 5.41) is 7.93. The number of benzene rings is 1. The summed E-state index contributed by atoms with van der Waals surface area (Å²) in [6.07, 6.45) is 0. The van der Waals surface area contributed by atoms with E-state index in [-0.39, 0.29) is 18.3 Å². The van der Waals surface area contributed by atoms with Gasteiger partial charge in [-0.05, 0) is 24.3 Å². The van der Waals surface area contributed by atoms with E-state index in [4.69, 9.17) is 13.9 Å². The Hall–Kier alpha value is -2.22. The van der Waals surface area contributed by atoms with Crippen molar-refractivity contribution in [3.05, 3.63) is 30.2 Å². The van der Waals surface area contributed by atoms with Crippen molar-refractivity contribution in [2.45, 2.75) is 11.8 Å². The first kappa shape index (κ1) is 15.2. The molecule has 0 amide bonds. The number of hydrogen-bond acceptors (Lipinski definition) is 8. The second-order valence-corrected chi connectivity index (χ2v) is 4.72. The largest absolute Gasteiger partial charge is 0.497 e. The molecule has 0 saturated carbocycles. The first-order chi connectivity index (χ1) is 10.2. The van der Waals surface area contributed by atoms with Crippen molar-refractivity contribution in [3.8, 4) is 11.5 Å². The van der Waals surface area contributed by atoms with Gasteiger partial charge in [-0.2, -0.15) is 0 Å². The lowest BCUT2D eigenvalue weighted by atomic mass is 10.3. The van der Waals surface area contributed by atoms with Crippen molar-refractivity contribution in [3.63, 3.8) is 0 Å². The predicted octanol–water partition coefficient (Wildman–Crippen LogP) is 1.92. The lowest BCUT2D eigenvalue weighted by molar-refractivity contribution is -0.137. The molecule has 1 heterocycles. The van der Waals surface area contributed by atoms with Crippen molar-refractivity contribution in [2.24, 2.45) is 0 Å². The SMILES string of the molecule is COC(=O)CSc1nnc(COc2ccc(OC)cc2)o1. The highest BCUT2D eigenvalue weighted by Gasteiger charge is 2.10. The maximum Gasteiger partial charge on any atom is 0.316 e. The number of ether oxygens (including phenoxy) is 3. The van der Waals surface area contributed by atoms with E-state index in [0.29, 0.717) is 16.9 Å². The molecular formula is C13H14N2O5S. The predicted molar refractivity (Wildman–Crippen MR) is 74.4 cm³/mol. The Balaban J connectivity index is 1.83. The summed E-state index contributed by atoms with van der Waals surface area (Å²) in [5.41, 5.74) is 0. The van der Waals surface area contributed by atoms with E-state index in [0.717, 1.165) is 17.5 Å². The molecule has 0 aliphatic carbocycles. The summed E-state index contributed by atoms with van der Waals surface area (Å²) in [6, 6.07) is 7.14. The van der Waals surface area contributed by atoms with Crippen molar-refractivity contribution in [1.29, 1.82) is 0 Å². The summed E-state index contributed by atoms with van der Waals surface area (Å²) in [6.45, 7) is 0.151. The molecule has 8 heteroatoms. The van der Waals surface area contributed by atoms with Gasteiger partial charge in [0, 0.05) is 0 Å². The molecule has 1 aromatic carbocycles. The molecule has 112 valence electrons. The molecule has 21 heavy (non-hydrogen) atoms. The number of carbonyl (C=O) groups is 1. The number of aromatic nitrogens is 2. The highest BCUT2D eigenvalue weighted by molar-refractivity contribution is 7.99. The number of esters is 1. The number of carbonyl (C=O) groups excluding carboxylic acids is 1. The topological polar surface area (TPSA) is 83.7 Å². The van der Waals surface area contributed by atoms with Gasteiger partial charge in [-0.1, -0.05) is 11.8 Å². The zero-order valence-electron chi connectivity index (χ0n) is 11.6. The lowest BCUT2D eigenvalue weighted by Gasteiger charge is -2.04. The monoisotopic (exact) mass is 310 g/mol. The van der Waals surface area contributed by atoms with Crippen LogP contribution in [-0.4, -0.2) is 36.1 Å². The summed E-state index contributed by atoms with van der Waals surface area (Å²) in [4.78, 5) is 11.0. The van der Waals surface area contributed by atoms with Crippen molar-refractivity contribution in [2.75, 3.05) is 20.0 Å². The fraction of sp³-hybridized carbons (Fsp3) is 0.308. The van der Waals surface area contributed by atoms with Gasteiger partial charge in [0.1, 0.15) is 17.3 Å². The summed E-state index contributed by atoms with van der Waals surface area (Å²) >= 11 is 1.11. The summed E-state index contributed by atoms with van der Waals surface area (Å²) in [5.74, 6) is 1.52. The fourth-order valence-corrected chi connectivity index (χ4v) is 1.96. The van der Waals surface area contributed by atoms with Gasteiger partial charge in [0.25, 0.3) is 11.1 Å². The Morgan fingerprint density at radius 1 is 1.19 bits per heavy atom. The molecule has 0 unspecified atom stereocenters. The second kappa shape index (κ2) is 7.53. The number of hydrogen-bond donors (Lipinski definition) is 0. The molecule has 0 aliphatic rings. The molecule has 0 radical (unpaired) electrons. The molecule has 2 aromatic rings. The summed E-state index contributed by atoms with van der Waals surface area (Å²) in [7, 11) is 2.92. The van der Waals surface area contributed by atoms with Crippen LogP contribution in [-0.2, 0) is 16.1 Å². The lowest BCUT2D eigenvalue weighted by Crippen LogP contribution is -2.02. The minimum absolute atomic E-state index is 0.122. The molecule has 0 bridgehead atoms. The maximum absolute atomic E-state index is 11.0. The Bertz CT molecular complexity index is 585. The normalized spacial score (nSPS) is 10.2. The molecule has 0 atom stereocenters. The van der Waals surface area contributed by atoms with Crippen LogP contribution < -0.4 is 9.47 Å². The van der Waals surface area contributed by atoms with Gasteiger partial charge in [-0.3, -0.25) is 4.79 Å². The van der Waals surface area contributed by atoms with Gasteiger partial charge in [-0.15, -0.1) is 10.2 Å². The van der Waals surface area contributed by atoms with E-state index in [1.165, 1.54) is 7.11 Å². The molecule has 7 nitrogen and oxygen atoms in total. The van der Waals surface area contributed by atoms with Gasteiger partial charge in [0.15, 0.2) is 6.61 Å². The van der Waals surface area contributed by atoms with E-state index in [2.05, 4.69) is 14.9 Å². The third-order valence-electron chi connectivity index (χ3n) is 2.41. The van der Waals surface area contributed by atoms with E-state index in [9.17, 15) is 4.79 Å². The number of methoxy groups -OCH3 is 2. The average Bonchev–Trinajstić information content (AvgIpc) is 2.99. The molecule has 0 spiro atoms. The van der Waals surface area contributed by atoms with Crippen LogP contribution in [0, 0.1) is 0 Å². The third kappa shape index (κ3) is 4.67. The Morgan fingerprint density at radius 3 is 2.57 bits per heavy atom. The Labute approximate surface area is 125 Å². The van der Waals surface area contributed by atoms with Gasteiger partial charge < -0.3 is 18.6 Å². The van der Waals surface area contributed by atoms with Gasteiger partial charge in [0.2, 0.25) is 0 Å². The van der Waals surface area contributed by atoms with Crippen LogP contribution in [0.25, 0.3) is 0 Å². The smallest absolute Gasteiger partial charge is 0.316 e. The quantitative estimate of drug-likeness (QED) is 0.566. The van der Waals surface area contributed by atoms with E-state index in [1.54, 1.807) is 31.4 Å². The Kier molecular flexibility index (Phi) is 5.44. The third-order valence-corrected chi connectivity index (χ3v) is 3.20. The first-order valence-electron chi connectivity index (χ1n) is 6.00. The van der Waals surface area contributed by atoms with Gasteiger partial charge in [-0.25, -0.2) is 0 Å². The highest BCUT2D eigenvalue weighted by Crippen LogP contribution is 2.19. The second-order valence-electron chi connectivity index (χ2n) is 3.79. The van der Waals surface area contributed by atoms with Crippen molar-refractivity contribution >= 4 is 17.7 Å². The molecule has 0 aliphatic heterocycles. The van der Waals surface area contributed by atoms with Crippen molar-refractivity contribution < 1.29 is 23.4 Å². The fourth-order valence-electron chi connectivity index (χ4n) is 1.35. The average molecular weight is 310 g/mol. The zero-order valence-corrected chi connectivity index (χ0v) is 12.4. The maximum atomic E-state index is 11.0. The molecule has 0 N–H and O–H groups in total. The number of thioether (sulfide) groups is 1. The minimum atomic E-state index is -0.353. The van der Waals surface area contributed by atoms with Crippen LogP contribution in [0.3, 0.4) is 0 Å². The molecule has 0 saturated heterocycles. The van der Waals surface area contributed by atoms with Crippen LogP contribution >= 0.6 is 11.8 Å². The Morgan fingerprint density at radius 2 is 1.90 bits per heavy atom. The van der Waals surface area contributed by atoms with E-state index < -0.39 is 0 Å². The van der Waals surface area contributed by atoms with Crippen molar-refractivity contribution in [1.82, 2.24) is 10.2 Å². The first-order valence-corrected chi connectivity index (χ1v) is 6.98. The van der Waals surface area contributed by atoms with Crippen LogP contribution in [0.5, 0.6) is 11.5 Å². The van der Waals surface area contributed by atoms with E-state index in [1.807, 2.05) is 0 Å². The van der Waals surface area contributed by atoms with Gasteiger partial charge in [0.05, 0.1) is 14.2 Å². The van der Waals surface area contributed by atoms with Crippen LogP contribution in [0.1, 0.15) is 5.89 Å². The molecular weight excluding hydrogens is 296 g/mol. The number of nitrogens with zero attached hydrogens (tertiary/aromatic N) is 2.